The van der Waals surface area contributed by atoms with Gasteiger partial charge in [0.05, 0.1) is 0 Å². The van der Waals surface area contributed by atoms with E-state index in [1.807, 2.05) is 0 Å². The molecule has 0 aliphatic heterocycles. The topological polar surface area (TPSA) is 0 Å². The van der Waals surface area contributed by atoms with Crippen molar-refractivity contribution in [2.45, 2.75) is 105 Å². The van der Waals surface area contributed by atoms with Crippen LogP contribution in [0.25, 0.3) is 75.4 Å². The van der Waals surface area contributed by atoms with Gasteiger partial charge in [-0.3, -0.25) is 0 Å². The third kappa shape index (κ3) is 3.19. The summed E-state index contributed by atoms with van der Waals surface area (Å²) in [7, 11) is 0. The zero-order valence-corrected chi connectivity index (χ0v) is 27.6. The van der Waals surface area contributed by atoms with E-state index in [2.05, 4.69) is 132 Å². The molecule has 8 aromatic carbocycles. The Hall–Kier alpha value is -3.38. The van der Waals surface area contributed by atoms with E-state index >= 15 is 0 Å². The fourth-order valence-corrected chi connectivity index (χ4v) is 7.83. The van der Waals surface area contributed by atoms with Gasteiger partial charge in [-0.05, 0) is 168 Å². The molecule has 0 aliphatic carbocycles. The first-order valence-corrected chi connectivity index (χ1v) is 15.9. The van der Waals surface area contributed by atoms with Crippen LogP contribution in [-0.4, -0.2) is 0 Å². The van der Waals surface area contributed by atoms with Crippen molar-refractivity contribution in [3.05, 3.63) is 70.8 Å². The normalized spacial score (nSPS) is 14.7. The molecule has 0 nitrogen and oxygen atoms in total. The third-order valence-corrected chi connectivity index (χ3v) is 10.4. The predicted molar refractivity (Wildman–Crippen MR) is 189 cm³/mol. The maximum atomic E-state index is 2.54. The summed E-state index contributed by atoms with van der Waals surface area (Å²) in [6, 6.07) is 20.3. The molecule has 0 heteroatoms. The number of hydrogen-bond donors (Lipinski definition) is 0. The molecule has 0 saturated heterocycles. The van der Waals surface area contributed by atoms with Crippen molar-refractivity contribution in [3.8, 4) is 0 Å². The van der Waals surface area contributed by atoms with Crippen LogP contribution in [0.4, 0.5) is 0 Å². The van der Waals surface area contributed by atoms with Crippen molar-refractivity contribution in [2.24, 2.45) is 0 Å². The second-order valence-corrected chi connectivity index (χ2v) is 17.5. The molecule has 0 atom stereocenters. The van der Waals surface area contributed by atoms with Crippen molar-refractivity contribution < 1.29 is 0 Å². The lowest BCUT2D eigenvalue weighted by Crippen LogP contribution is -2.12. The second kappa shape index (κ2) is 7.39. The van der Waals surface area contributed by atoms with Gasteiger partial charge in [0.15, 0.2) is 0 Å². The summed E-state index contributed by atoms with van der Waals surface area (Å²) < 4.78 is 0. The maximum absolute atomic E-state index is 2.54. The fourth-order valence-electron chi connectivity index (χ4n) is 7.83. The molecule has 0 N–H and O–H groups in total. The van der Waals surface area contributed by atoms with Crippen LogP contribution < -0.4 is 0 Å². The summed E-state index contributed by atoms with van der Waals surface area (Å²) in [6.07, 6.45) is 0. The predicted octanol–water partition coefficient (Wildman–Crippen LogP) is 12.7. The summed E-state index contributed by atoms with van der Waals surface area (Å²) in [4.78, 5) is 0. The van der Waals surface area contributed by atoms with Gasteiger partial charge < -0.3 is 0 Å². The Kier molecular flexibility index (Phi) is 4.62. The zero-order valence-electron chi connectivity index (χ0n) is 27.6. The monoisotopic (exact) mass is 548 g/mol. The molecule has 0 unspecified atom stereocenters. The van der Waals surface area contributed by atoms with E-state index in [0.717, 1.165) is 0 Å². The first kappa shape index (κ1) is 26.3. The van der Waals surface area contributed by atoms with Crippen LogP contribution in [-0.2, 0) is 21.7 Å². The Labute approximate surface area is 250 Å². The molecular weight excluding hydrogens is 504 g/mol. The van der Waals surface area contributed by atoms with Gasteiger partial charge in [0, 0.05) is 0 Å². The molecule has 42 heavy (non-hydrogen) atoms. The maximum Gasteiger partial charge on any atom is -0.0000930 e. The molecule has 0 spiro atoms. The van der Waals surface area contributed by atoms with Gasteiger partial charge in [-0.15, -0.1) is 0 Å². The molecule has 0 aromatic heterocycles. The number of fused-ring (bicyclic) bond motifs is 4. The van der Waals surface area contributed by atoms with Gasteiger partial charge in [-0.25, -0.2) is 0 Å². The molecule has 8 rings (SSSR count). The Morgan fingerprint density at radius 1 is 0.238 bits per heavy atom. The molecule has 212 valence electrons. The molecular formula is C42H44. The van der Waals surface area contributed by atoms with Crippen LogP contribution in [0.1, 0.15) is 105 Å². The van der Waals surface area contributed by atoms with E-state index in [-0.39, 0.29) is 21.7 Å². The fraction of sp³-hybridized carbons (Fsp3) is 0.381. The van der Waals surface area contributed by atoms with Crippen molar-refractivity contribution in [2.75, 3.05) is 0 Å². The van der Waals surface area contributed by atoms with Crippen LogP contribution in [0, 0.1) is 0 Å². The van der Waals surface area contributed by atoms with E-state index in [0.29, 0.717) is 0 Å². The van der Waals surface area contributed by atoms with E-state index in [4.69, 9.17) is 0 Å². The quantitative estimate of drug-likeness (QED) is 0.165. The molecule has 0 radical (unpaired) electrons. The lowest BCUT2D eigenvalue weighted by molar-refractivity contribution is 0.590. The van der Waals surface area contributed by atoms with E-state index in [1.54, 1.807) is 0 Å². The highest BCUT2D eigenvalue weighted by Gasteiger charge is 2.31. The first-order chi connectivity index (χ1) is 19.4. The molecule has 0 bridgehead atoms. The molecule has 0 amide bonds. The van der Waals surface area contributed by atoms with Gasteiger partial charge in [0.1, 0.15) is 0 Å². The molecule has 8 aromatic rings. The van der Waals surface area contributed by atoms with Crippen LogP contribution in [0.5, 0.6) is 0 Å². The molecule has 0 aliphatic rings. The smallest absolute Gasteiger partial charge is 0.0000930 e. The van der Waals surface area contributed by atoms with Crippen molar-refractivity contribution in [3.63, 3.8) is 0 Å². The summed E-state index contributed by atoms with van der Waals surface area (Å²) in [5.41, 5.74) is 5.93. The number of benzene rings is 6. The summed E-state index contributed by atoms with van der Waals surface area (Å²) >= 11 is 0. The largest absolute Gasteiger partial charge is 0.0561 e. The van der Waals surface area contributed by atoms with E-state index < -0.39 is 0 Å². The molecule has 0 saturated carbocycles. The average Bonchev–Trinajstić information content (AvgIpc) is 3.38. The van der Waals surface area contributed by atoms with E-state index in [9.17, 15) is 0 Å². The lowest BCUT2D eigenvalue weighted by Gasteiger charge is -2.23. The highest BCUT2D eigenvalue weighted by atomic mass is 14.3. The van der Waals surface area contributed by atoms with Gasteiger partial charge >= 0.3 is 0 Å². The summed E-state index contributed by atoms with van der Waals surface area (Å²) in [5.74, 6) is 0. The second-order valence-electron chi connectivity index (χ2n) is 17.5. The Morgan fingerprint density at radius 3 is 0.500 bits per heavy atom. The van der Waals surface area contributed by atoms with Crippen molar-refractivity contribution in [1.82, 2.24) is 0 Å². The average molecular weight is 549 g/mol. The first-order valence-electron chi connectivity index (χ1n) is 15.9. The SMILES string of the molecule is CC(C)(C)c1cc2c3cc(C(C)(C)C)cc4c5cc(C(C)(C)C)cc6c7cc(C(C)(C)C)cc8c(c1)c2c(c34)c(c78)c65. The minimum atomic E-state index is 0.0588. The number of rotatable bonds is 0. The standard InChI is InChI=1S/C42H44/c1-39(2,3)21-13-25-26-14-22(40(4,5)6)19-31-32-20-24(42(10,11)12)16-28-27-15-23(41(7,8)9)18-30-29(17-21)33(25)37(34(26)31)38(35(27)30)36(28)32/h13-20H,1-12H3. The highest BCUT2D eigenvalue weighted by molar-refractivity contribution is 6.54. The Morgan fingerprint density at radius 2 is 0.381 bits per heavy atom. The van der Waals surface area contributed by atoms with Crippen molar-refractivity contribution >= 4 is 75.4 Å². The van der Waals surface area contributed by atoms with Crippen LogP contribution in [0.3, 0.4) is 0 Å². The number of hydrogen-bond acceptors (Lipinski definition) is 0. The molecule has 0 fully saturated rings. The Bertz CT molecular complexity index is 2010. The van der Waals surface area contributed by atoms with Gasteiger partial charge in [0.25, 0.3) is 0 Å². The van der Waals surface area contributed by atoms with Crippen LogP contribution in [0.2, 0.25) is 0 Å². The Balaban J connectivity index is 1.80. The highest BCUT2D eigenvalue weighted by Crippen LogP contribution is 2.57. The summed E-state index contributed by atoms with van der Waals surface area (Å²) in [6.45, 7) is 28.4. The lowest BCUT2D eigenvalue weighted by atomic mass is 9.81. The van der Waals surface area contributed by atoms with Gasteiger partial charge in [0.2, 0.25) is 0 Å². The zero-order chi connectivity index (χ0) is 30.0. The minimum absolute atomic E-state index is 0.0588. The van der Waals surface area contributed by atoms with Gasteiger partial charge in [-0.1, -0.05) is 83.1 Å². The van der Waals surface area contributed by atoms with Crippen molar-refractivity contribution in [1.29, 1.82) is 0 Å². The third-order valence-electron chi connectivity index (χ3n) is 10.4. The van der Waals surface area contributed by atoms with Crippen LogP contribution >= 0.6 is 0 Å². The minimum Gasteiger partial charge on any atom is -0.0561 e. The van der Waals surface area contributed by atoms with E-state index in [1.165, 1.54) is 97.7 Å². The van der Waals surface area contributed by atoms with Crippen LogP contribution in [0.15, 0.2) is 48.5 Å². The molecule has 0 heterocycles. The van der Waals surface area contributed by atoms with Gasteiger partial charge in [-0.2, -0.15) is 0 Å². The summed E-state index contributed by atoms with van der Waals surface area (Å²) in [5, 5.41) is 20.4.